The topological polar surface area (TPSA) is 70.6 Å². The second-order valence-corrected chi connectivity index (χ2v) is 7.78. The van der Waals surface area contributed by atoms with E-state index in [9.17, 15) is 9.90 Å². The fourth-order valence-corrected chi connectivity index (χ4v) is 2.97. The summed E-state index contributed by atoms with van der Waals surface area (Å²) in [5, 5.41) is 15.3. The first-order valence-electron chi connectivity index (χ1n) is 8.84. The average Bonchev–Trinajstić information content (AvgIpc) is 2.60. The number of amides is 1. The summed E-state index contributed by atoms with van der Waals surface area (Å²) in [5.74, 6) is 0.534. The fraction of sp³-hybridized carbons (Fsp3) is 0.381. The van der Waals surface area contributed by atoms with Crippen molar-refractivity contribution in [1.82, 2.24) is 0 Å². The second kappa shape index (κ2) is 7.00. The molecule has 2 aromatic carbocycles. The minimum Gasteiger partial charge on any atom is -0.489 e. The number of carbonyl (C=O) groups is 1. The molecule has 0 fully saturated rings. The molecular formula is C21H26N2O3. The van der Waals surface area contributed by atoms with Gasteiger partial charge in [-0.15, -0.1) is 0 Å². The van der Waals surface area contributed by atoms with E-state index >= 15 is 0 Å². The summed E-state index contributed by atoms with van der Waals surface area (Å²) in [7, 11) is 0. The van der Waals surface area contributed by atoms with Gasteiger partial charge in [0, 0.05) is 17.3 Å². The molecule has 0 saturated carbocycles. The maximum atomic E-state index is 12.7. The van der Waals surface area contributed by atoms with Crippen LogP contribution in [0.3, 0.4) is 0 Å². The van der Waals surface area contributed by atoms with E-state index in [-0.39, 0.29) is 24.0 Å². The highest BCUT2D eigenvalue weighted by Crippen LogP contribution is 2.32. The van der Waals surface area contributed by atoms with Gasteiger partial charge < -0.3 is 20.5 Å². The Morgan fingerprint density at radius 2 is 2.04 bits per heavy atom. The lowest BCUT2D eigenvalue weighted by atomic mass is 9.85. The zero-order valence-electron chi connectivity index (χ0n) is 15.7. The Balaban J connectivity index is 1.77. The van der Waals surface area contributed by atoms with Crippen molar-refractivity contribution in [1.29, 1.82) is 0 Å². The summed E-state index contributed by atoms with van der Waals surface area (Å²) in [5.41, 5.74) is 4.37. The molecule has 3 rings (SSSR count). The van der Waals surface area contributed by atoms with Crippen molar-refractivity contribution in [2.24, 2.45) is 0 Å². The van der Waals surface area contributed by atoms with Crippen LogP contribution in [0.25, 0.3) is 0 Å². The van der Waals surface area contributed by atoms with Crippen LogP contribution in [0.1, 0.15) is 42.3 Å². The summed E-state index contributed by atoms with van der Waals surface area (Å²) in [4.78, 5) is 12.7. The average molecular weight is 354 g/mol. The highest BCUT2D eigenvalue weighted by atomic mass is 16.5. The molecule has 1 heterocycles. The molecule has 0 unspecified atom stereocenters. The summed E-state index contributed by atoms with van der Waals surface area (Å²) < 4.78 is 5.66. The Bertz CT molecular complexity index is 824. The number of hydrogen-bond donors (Lipinski definition) is 3. The first-order chi connectivity index (χ1) is 12.3. The van der Waals surface area contributed by atoms with Crippen LogP contribution in [0.15, 0.2) is 36.4 Å². The molecule has 0 bridgehead atoms. The van der Waals surface area contributed by atoms with Crippen molar-refractivity contribution in [3.8, 4) is 5.75 Å². The van der Waals surface area contributed by atoms with E-state index in [1.807, 2.05) is 31.2 Å². The zero-order valence-corrected chi connectivity index (χ0v) is 15.7. The lowest BCUT2D eigenvalue weighted by Gasteiger charge is -2.26. The maximum absolute atomic E-state index is 12.7. The number of carbonyl (C=O) groups excluding carboxylic acids is 1. The van der Waals surface area contributed by atoms with Crippen LogP contribution in [0.5, 0.6) is 5.75 Å². The van der Waals surface area contributed by atoms with Crippen LogP contribution in [0.2, 0.25) is 0 Å². The molecule has 1 aliphatic rings. The van der Waals surface area contributed by atoms with Crippen molar-refractivity contribution in [3.05, 3.63) is 53.1 Å². The third kappa shape index (κ3) is 3.83. The predicted molar refractivity (Wildman–Crippen MR) is 104 cm³/mol. The Labute approximate surface area is 154 Å². The van der Waals surface area contributed by atoms with E-state index in [1.165, 1.54) is 5.56 Å². The van der Waals surface area contributed by atoms with Gasteiger partial charge in [0.1, 0.15) is 12.4 Å². The van der Waals surface area contributed by atoms with Crippen molar-refractivity contribution < 1.29 is 14.6 Å². The largest absolute Gasteiger partial charge is 0.489 e. The standard InChI is InChI=1S/C21H26N2O3/c1-13-9-14(21(2,3)4)5-7-17(13)20(25)23-15-6-8-18-19(10-15)26-12-16(11-24)22-18/h5-10,16,22,24H,11-12H2,1-4H3,(H,23,25)/t16-/m1/s1. The number of benzene rings is 2. The van der Waals surface area contributed by atoms with Gasteiger partial charge in [0.05, 0.1) is 18.3 Å². The quantitative estimate of drug-likeness (QED) is 0.786. The first kappa shape index (κ1) is 18.3. The zero-order chi connectivity index (χ0) is 18.9. The van der Waals surface area contributed by atoms with Crippen molar-refractivity contribution in [2.45, 2.75) is 39.2 Å². The van der Waals surface area contributed by atoms with E-state index < -0.39 is 0 Å². The number of anilines is 2. The van der Waals surface area contributed by atoms with Gasteiger partial charge in [0.2, 0.25) is 0 Å². The highest BCUT2D eigenvalue weighted by molar-refractivity contribution is 6.05. The maximum Gasteiger partial charge on any atom is 0.255 e. The number of aliphatic hydroxyl groups excluding tert-OH is 1. The predicted octanol–water partition coefficient (Wildman–Crippen LogP) is 3.71. The minimum absolute atomic E-state index is 0.0156. The normalized spacial score (nSPS) is 16.3. The molecule has 0 spiro atoms. The number of nitrogens with one attached hydrogen (secondary N) is 2. The first-order valence-corrected chi connectivity index (χ1v) is 8.84. The number of hydrogen-bond acceptors (Lipinski definition) is 4. The van der Waals surface area contributed by atoms with E-state index in [4.69, 9.17) is 4.74 Å². The van der Waals surface area contributed by atoms with Gasteiger partial charge in [-0.2, -0.15) is 0 Å². The molecule has 3 N–H and O–H groups in total. The van der Waals surface area contributed by atoms with Crippen LogP contribution in [0.4, 0.5) is 11.4 Å². The van der Waals surface area contributed by atoms with Crippen LogP contribution in [-0.2, 0) is 5.41 Å². The van der Waals surface area contributed by atoms with E-state index in [0.29, 0.717) is 23.6 Å². The molecule has 26 heavy (non-hydrogen) atoms. The van der Waals surface area contributed by atoms with Crippen LogP contribution >= 0.6 is 0 Å². The van der Waals surface area contributed by atoms with E-state index in [2.05, 4.69) is 37.5 Å². The molecule has 2 aromatic rings. The van der Waals surface area contributed by atoms with Gasteiger partial charge in [-0.3, -0.25) is 4.79 Å². The molecule has 1 amide bonds. The van der Waals surface area contributed by atoms with Gasteiger partial charge >= 0.3 is 0 Å². The summed E-state index contributed by atoms with van der Waals surface area (Å²) in [6, 6.07) is 11.3. The molecule has 1 atom stereocenters. The number of ether oxygens (including phenoxy) is 1. The third-order valence-corrected chi connectivity index (χ3v) is 4.60. The smallest absolute Gasteiger partial charge is 0.255 e. The Morgan fingerprint density at radius 1 is 1.27 bits per heavy atom. The Morgan fingerprint density at radius 3 is 2.69 bits per heavy atom. The molecule has 138 valence electrons. The molecule has 0 radical (unpaired) electrons. The molecule has 1 aliphatic heterocycles. The van der Waals surface area contributed by atoms with E-state index in [0.717, 1.165) is 11.3 Å². The fourth-order valence-electron chi connectivity index (χ4n) is 2.97. The van der Waals surface area contributed by atoms with Gasteiger partial charge in [0.15, 0.2) is 0 Å². The van der Waals surface area contributed by atoms with Crippen molar-refractivity contribution >= 4 is 17.3 Å². The monoisotopic (exact) mass is 354 g/mol. The second-order valence-electron chi connectivity index (χ2n) is 7.78. The van der Waals surface area contributed by atoms with Crippen molar-refractivity contribution in [3.63, 3.8) is 0 Å². The van der Waals surface area contributed by atoms with Crippen molar-refractivity contribution in [2.75, 3.05) is 23.8 Å². The third-order valence-electron chi connectivity index (χ3n) is 4.60. The SMILES string of the molecule is Cc1cc(C(C)(C)C)ccc1C(=O)Nc1ccc2c(c1)OC[C@@H](CO)N2. The van der Waals surface area contributed by atoms with Crippen LogP contribution < -0.4 is 15.4 Å². The highest BCUT2D eigenvalue weighted by Gasteiger charge is 2.20. The Kier molecular flexibility index (Phi) is 4.92. The Hall–Kier alpha value is -2.53. The molecular weight excluding hydrogens is 328 g/mol. The van der Waals surface area contributed by atoms with Crippen LogP contribution in [-0.4, -0.2) is 30.3 Å². The van der Waals surface area contributed by atoms with Crippen LogP contribution in [0, 0.1) is 6.92 Å². The molecule has 0 aliphatic carbocycles. The van der Waals surface area contributed by atoms with Gasteiger partial charge in [0.25, 0.3) is 5.91 Å². The molecule has 0 saturated heterocycles. The summed E-state index contributed by atoms with van der Waals surface area (Å²) >= 11 is 0. The molecule has 5 nitrogen and oxygen atoms in total. The molecule has 0 aromatic heterocycles. The number of aryl methyl sites for hydroxylation is 1. The molecule has 5 heteroatoms. The summed E-state index contributed by atoms with van der Waals surface area (Å²) in [6.45, 7) is 8.84. The minimum atomic E-state index is -0.139. The van der Waals surface area contributed by atoms with Gasteiger partial charge in [-0.25, -0.2) is 0 Å². The lowest BCUT2D eigenvalue weighted by Crippen LogP contribution is -2.34. The summed E-state index contributed by atoms with van der Waals surface area (Å²) in [6.07, 6.45) is 0. The number of fused-ring (bicyclic) bond motifs is 1. The lowest BCUT2D eigenvalue weighted by molar-refractivity contribution is 0.102. The van der Waals surface area contributed by atoms with E-state index in [1.54, 1.807) is 6.07 Å². The van der Waals surface area contributed by atoms with Gasteiger partial charge in [-0.1, -0.05) is 32.9 Å². The van der Waals surface area contributed by atoms with Gasteiger partial charge in [-0.05, 0) is 41.7 Å². The number of aliphatic hydroxyl groups is 1. The number of rotatable bonds is 3.